The van der Waals surface area contributed by atoms with E-state index in [2.05, 4.69) is 17.2 Å². The number of halogens is 1. The summed E-state index contributed by atoms with van der Waals surface area (Å²) in [5, 5.41) is 3.19. The van der Waals surface area contributed by atoms with Crippen molar-refractivity contribution in [3.05, 3.63) is 42.0 Å². The molecule has 1 aromatic heterocycles. The Kier molecular flexibility index (Phi) is 4.68. The molecule has 1 N–H and O–H groups in total. The lowest BCUT2D eigenvalue weighted by atomic mass is 10.1. The molecule has 0 radical (unpaired) electrons. The Hall–Kier alpha value is -1.68. The maximum Gasteiger partial charge on any atom is 0.142 e. The van der Waals surface area contributed by atoms with Gasteiger partial charge in [-0.25, -0.2) is 9.37 Å². The molecule has 0 saturated heterocycles. The second-order valence-electron chi connectivity index (χ2n) is 4.54. The van der Waals surface area contributed by atoms with E-state index in [1.54, 1.807) is 12.3 Å². The lowest BCUT2D eigenvalue weighted by Crippen LogP contribution is -2.12. The summed E-state index contributed by atoms with van der Waals surface area (Å²) in [6, 6.07) is 5.35. The minimum absolute atomic E-state index is 0.209. The molecule has 0 amide bonds. The number of imidazole rings is 1. The Balaban J connectivity index is 2.27. The highest BCUT2D eigenvalue weighted by Gasteiger charge is 2.11. The molecule has 0 bridgehead atoms. The third kappa shape index (κ3) is 3.20. The maximum atomic E-state index is 14.2. The van der Waals surface area contributed by atoms with Crippen molar-refractivity contribution in [2.24, 2.45) is 0 Å². The van der Waals surface area contributed by atoms with Crippen LogP contribution in [0.2, 0.25) is 0 Å². The highest BCUT2D eigenvalue weighted by Crippen LogP contribution is 2.22. The molecule has 4 heteroatoms. The molecule has 3 nitrogen and oxygen atoms in total. The standard InChI is InChI=1S/C15H20FN3/c1-3-8-19-9-7-18-15(19)13-6-5-12(10-14(13)16)11-17-4-2/h5-7,9-10,17H,3-4,8,11H2,1-2H3. The van der Waals surface area contributed by atoms with E-state index in [0.29, 0.717) is 17.9 Å². The summed E-state index contributed by atoms with van der Waals surface area (Å²) in [4.78, 5) is 4.27. The van der Waals surface area contributed by atoms with E-state index in [4.69, 9.17) is 0 Å². The van der Waals surface area contributed by atoms with E-state index in [1.807, 2.05) is 29.8 Å². The summed E-state index contributed by atoms with van der Waals surface area (Å²) in [6.45, 7) is 6.56. The van der Waals surface area contributed by atoms with Gasteiger partial charge in [0.1, 0.15) is 11.6 Å². The smallest absolute Gasteiger partial charge is 0.142 e. The predicted octanol–water partition coefficient (Wildman–Crippen LogP) is 3.21. The van der Waals surface area contributed by atoms with Gasteiger partial charge in [0.25, 0.3) is 0 Å². The van der Waals surface area contributed by atoms with Crippen LogP contribution in [0.5, 0.6) is 0 Å². The second kappa shape index (κ2) is 6.48. The summed E-state index contributed by atoms with van der Waals surface area (Å²) in [7, 11) is 0. The topological polar surface area (TPSA) is 29.9 Å². The van der Waals surface area contributed by atoms with Gasteiger partial charge in [0.15, 0.2) is 0 Å². The maximum absolute atomic E-state index is 14.2. The van der Waals surface area contributed by atoms with Crippen LogP contribution in [0.3, 0.4) is 0 Å². The first-order valence-electron chi connectivity index (χ1n) is 6.77. The van der Waals surface area contributed by atoms with Crippen molar-refractivity contribution in [2.45, 2.75) is 33.4 Å². The summed E-state index contributed by atoms with van der Waals surface area (Å²) in [5.74, 6) is 0.494. The Bertz CT molecular complexity index is 534. The van der Waals surface area contributed by atoms with E-state index >= 15 is 0 Å². The van der Waals surface area contributed by atoms with Crippen molar-refractivity contribution < 1.29 is 4.39 Å². The fourth-order valence-electron chi connectivity index (χ4n) is 2.09. The summed E-state index contributed by atoms with van der Waals surface area (Å²) in [6.07, 6.45) is 4.62. The molecule has 19 heavy (non-hydrogen) atoms. The lowest BCUT2D eigenvalue weighted by molar-refractivity contribution is 0.618. The first kappa shape index (κ1) is 13.7. The molecular weight excluding hydrogens is 241 g/mol. The van der Waals surface area contributed by atoms with Gasteiger partial charge in [-0.2, -0.15) is 0 Å². The van der Waals surface area contributed by atoms with Crippen LogP contribution in [0.4, 0.5) is 4.39 Å². The first-order chi connectivity index (χ1) is 9.26. The predicted molar refractivity (Wildman–Crippen MR) is 75.3 cm³/mol. The average molecular weight is 261 g/mol. The zero-order valence-corrected chi connectivity index (χ0v) is 11.5. The van der Waals surface area contributed by atoms with Crippen LogP contribution in [0.25, 0.3) is 11.4 Å². The molecule has 0 unspecified atom stereocenters. The number of nitrogens with zero attached hydrogens (tertiary/aromatic N) is 2. The van der Waals surface area contributed by atoms with Gasteiger partial charge in [-0.3, -0.25) is 0 Å². The van der Waals surface area contributed by atoms with Crippen molar-refractivity contribution in [1.29, 1.82) is 0 Å². The average Bonchev–Trinajstić information content (AvgIpc) is 2.85. The van der Waals surface area contributed by atoms with Gasteiger partial charge in [-0.05, 0) is 30.7 Å². The molecule has 1 heterocycles. The van der Waals surface area contributed by atoms with Crippen LogP contribution in [0.15, 0.2) is 30.6 Å². The minimum atomic E-state index is -0.209. The number of aromatic nitrogens is 2. The molecule has 2 aromatic rings. The fraction of sp³-hybridized carbons (Fsp3) is 0.400. The van der Waals surface area contributed by atoms with E-state index < -0.39 is 0 Å². The number of rotatable bonds is 6. The van der Waals surface area contributed by atoms with E-state index in [-0.39, 0.29) is 5.82 Å². The molecule has 0 saturated carbocycles. The van der Waals surface area contributed by atoms with Crippen LogP contribution in [-0.4, -0.2) is 16.1 Å². The monoisotopic (exact) mass is 261 g/mol. The highest BCUT2D eigenvalue weighted by atomic mass is 19.1. The third-order valence-electron chi connectivity index (χ3n) is 3.03. The van der Waals surface area contributed by atoms with Crippen LogP contribution in [0.1, 0.15) is 25.8 Å². The van der Waals surface area contributed by atoms with E-state index in [0.717, 1.165) is 25.1 Å². The summed E-state index contributed by atoms with van der Waals surface area (Å²) in [5.41, 5.74) is 1.52. The Morgan fingerprint density at radius 1 is 1.32 bits per heavy atom. The SMILES string of the molecule is CCCn1ccnc1-c1ccc(CNCC)cc1F. The number of hydrogen-bond donors (Lipinski definition) is 1. The normalized spacial score (nSPS) is 10.9. The van der Waals surface area contributed by atoms with Crippen molar-refractivity contribution in [3.63, 3.8) is 0 Å². The van der Waals surface area contributed by atoms with Crippen LogP contribution < -0.4 is 5.32 Å². The lowest BCUT2D eigenvalue weighted by Gasteiger charge is -2.09. The van der Waals surface area contributed by atoms with Gasteiger partial charge in [0.05, 0.1) is 5.56 Å². The summed E-state index contributed by atoms with van der Waals surface area (Å²) >= 11 is 0. The second-order valence-corrected chi connectivity index (χ2v) is 4.54. The van der Waals surface area contributed by atoms with Gasteiger partial charge in [-0.1, -0.05) is 19.9 Å². The molecule has 0 fully saturated rings. The largest absolute Gasteiger partial charge is 0.331 e. The summed E-state index contributed by atoms with van der Waals surface area (Å²) < 4.78 is 16.2. The Labute approximate surface area is 113 Å². The van der Waals surface area contributed by atoms with Crippen molar-refractivity contribution >= 4 is 0 Å². The molecule has 0 spiro atoms. The minimum Gasteiger partial charge on any atom is -0.331 e. The Morgan fingerprint density at radius 3 is 2.84 bits per heavy atom. The van der Waals surface area contributed by atoms with Crippen LogP contribution >= 0.6 is 0 Å². The van der Waals surface area contributed by atoms with E-state index in [9.17, 15) is 4.39 Å². The zero-order valence-electron chi connectivity index (χ0n) is 11.5. The van der Waals surface area contributed by atoms with Crippen LogP contribution in [0, 0.1) is 5.82 Å². The van der Waals surface area contributed by atoms with Gasteiger partial charge >= 0.3 is 0 Å². The van der Waals surface area contributed by atoms with E-state index in [1.165, 1.54) is 0 Å². The van der Waals surface area contributed by atoms with Gasteiger partial charge < -0.3 is 9.88 Å². The van der Waals surface area contributed by atoms with Gasteiger partial charge in [-0.15, -0.1) is 0 Å². The molecule has 0 aliphatic carbocycles. The fourth-order valence-corrected chi connectivity index (χ4v) is 2.09. The van der Waals surface area contributed by atoms with Crippen LogP contribution in [-0.2, 0) is 13.1 Å². The molecule has 2 rings (SSSR count). The number of nitrogens with one attached hydrogen (secondary N) is 1. The molecule has 0 aliphatic heterocycles. The third-order valence-corrected chi connectivity index (χ3v) is 3.03. The number of benzene rings is 1. The molecular formula is C15H20FN3. The Morgan fingerprint density at radius 2 is 2.16 bits per heavy atom. The molecule has 0 aliphatic rings. The van der Waals surface area contributed by atoms with Crippen molar-refractivity contribution in [3.8, 4) is 11.4 Å². The van der Waals surface area contributed by atoms with Gasteiger partial charge in [0.2, 0.25) is 0 Å². The number of aryl methyl sites for hydroxylation is 1. The first-order valence-corrected chi connectivity index (χ1v) is 6.77. The zero-order chi connectivity index (χ0) is 13.7. The molecule has 0 atom stereocenters. The quantitative estimate of drug-likeness (QED) is 0.865. The number of hydrogen-bond acceptors (Lipinski definition) is 2. The van der Waals surface area contributed by atoms with Crippen molar-refractivity contribution in [2.75, 3.05) is 6.54 Å². The van der Waals surface area contributed by atoms with Crippen molar-refractivity contribution in [1.82, 2.24) is 14.9 Å². The molecule has 1 aromatic carbocycles. The molecule has 102 valence electrons. The van der Waals surface area contributed by atoms with Gasteiger partial charge in [0, 0.05) is 25.5 Å². The highest BCUT2D eigenvalue weighted by molar-refractivity contribution is 5.57.